The van der Waals surface area contributed by atoms with Gasteiger partial charge in [0, 0.05) is 25.7 Å². The first-order valence-electron chi connectivity index (χ1n) is 8.80. The minimum Gasteiger partial charge on any atom is -0.389 e. The Morgan fingerprint density at radius 2 is 2.04 bits per heavy atom. The van der Waals surface area contributed by atoms with Crippen molar-refractivity contribution in [2.45, 2.75) is 51.5 Å². The maximum atomic E-state index is 10.1. The number of benzene rings is 1. The molecule has 0 bridgehead atoms. The number of rotatable bonds is 8. The standard InChI is InChI=1S/C19H32N2O2/c1-16(2)23-15-19(22)14-20(3)18-10-7-11-21(13-18)12-17-8-5-4-6-9-17/h4-6,8-9,16,18-19,22H,7,10-15H2,1-3H3. The molecule has 4 nitrogen and oxygen atoms in total. The first-order chi connectivity index (χ1) is 11.0. The molecule has 130 valence electrons. The van der Waals surface area contributed by atoms with Gasteiger partial charge in [-0.15, -0.1) is 0 Å². The molecule has 1 aromatic carbocycles. The van der Waals surface area contributed by atoms with Gasteiger partial charge in [-0.3, -0.25) is 9.80 Å². The third-order valence-corrected chi connectivity index (χ3v) is 4.47. The van der Waals surface area contributed by atoms with Gasteiger partial charge in [0.05, 0.1) is 18.8 Å². The fraction of sp³-hybridized carbons (Fsp3) is 0.684. The molecular formula is C19H32N2O2. The predicted molar refractivity (Wildman–Crippen MR) is 94.5 cm³/mol. The lowest BCUT2D eigenvalue weighted by Crippen LogP contribution is -2.48. The zero-order chi connectivity index (χ0) is 16.7. The van der Waals surface area contributed by atoms with Crippen molar-refractivity contribution >= 4 is 0 Å². The van der Waals surface area contributed by atoms with Crippen LogP contribution in [0, 0.1) is 0 Å². The number of aliphatic hydroxyl groups is 1. The van der Waals surface area contributed by atoms with E-state index in [1.165, 1.54) is 18.4 Å². The second kappa shape index (κ2) is 9.38. The summed E-state index contributed by atoms with van der Waals surface area (Å²) in [5.41, 5.74) is 1.38. The highest BCUT2D eigenvalue weighted by molar-refractivity contribution is 5.14. The molecule has 1 heterocycles. The molecule has 0 saturated carbocycles. The number of likely N-dealkylation sites (N-methyl/N-ethyl adjacent to an activating group) is 1. The Morgan fingerprint density at radius 1 is 1.30 bits per heavy atom. The Balaban J connectivity index is 1.78. The molecule has 0 radical (unpaired) electrons. The van der Waals surface area contributed by atoms with E-state index in [4.69, 9.17) is 4.74 Å². The lowest BCUT2D eigenvalue weighted by atomic mass is 10.0. The maximum absolute atomic E-state index is 10.1. The van der Waals surface area contributed by atoms with Crippen LogP contribution in [0.15, 0.2) is 30.3 Å². The van der Waals surface area contributed by atoms with E-state index in [2.05, 4.69) is 47.2 Å². The van der Waals surface area contributed by atoms with Crippen molar-refractivity contribution in [1.29, 1.82) is 0 Å². The Kier molecular flexibility index (Phi) is 7.50. The van der Waals surface area contributed by atoms with Crippen LogP contribution in [0.3, 0.4) is 0 Å². The summed E-state index contributed by atoms with van der Waals surface area (Å²) in [6, 6.07) is 11.2. The van der Waals surface area contributed by atoms with Crippen LogP contribution in [0.2, 0.25) is 0 Å². The van der Waals surface area contributed by atoms with Crippen LogP contribution in [-0.4, -0.2) is 66.4 Å². The van der Waals surface area contributed by atoms with Crippen molar-refractivity contribution in [2.24, 2.45) is 0 Å². The molecular weight excluding hydrogens is 288 g/mol. The normalized spacial score (nSPS) is 21.0. The number of hydrogen-bond acceptors (Lipinski definition) is 4. The molecule has 0 aromatic heterocycles. The van der Waals surface area contributed by atoms with Gasteiger partial charge >= 0.3 is 0 Å². The SMILES string of the molecule is CC(C)OCC(O)CN(C)C1CCCN(Cc2ccccc2)C1. The number of aliphatic hydroxyl groups excluding tert-OH is 1. The number of ether oxygens (including phenoxy) is 1. The van der Waals surface area contributed by atoms with E-state index in [-0.39, 0.29) is 6.10 Å². The smallest absolute Gasteiger partial charge is 0.0900 e. The molecule has 1 aromatic rings. The Morgan fingerprint density at radius 3 is 2.74 bits per heavy atom. The highest BCUT2D eigenvalue weighted by Crippen LogP contribution is 2.17. The molecule has 0 amide bonds. The van der Waals surface area contributed by atoms with Gasteiger partial charge in [-0.2, -0.15) is 0 Å². The maximum Gasteiger partial charge on any atom is 0.0900 e. The summed E-state index contributed by atoms with van der Waals surface area (Å²) in [5.74, 6) is 0. The highest BCUT2D eigenvalue weighted by atomic mass is 16.5. The van der Waals surface area contributed by atoms with Gasteiger partial charge in [-0.05, 0) is 45.8 Å². The van der Waals surface area contributed by atoms with Crippen LogP contribution in [0.5, 0.6) is 0 Å². The summed E-state index contributed by atoms with van der Waals surface area (Å²) >= 11 is 0. The summed E-state index contributed by atoms with van der Waals surface area (Å²) in [4.78, 5) is 4.82. The Bertz CT molecular complexity index is 438. The molecule has 1 fully saturated rings. The summed E-state index contributed by atoms with van der Waals surface area (Å²) in [5, 5.41) is 10.1. The van der Waals surface area contributed by atoms with Crippen molar-refractivity contribution in [3.63, 3.8) is 0 Å². The van der Waals surface area contributed by atoms with Crippen molar-refractivity contribution in [1.82, 2.24) is 9.80 Å². The summed E-state index contributed by atoms with van der Waals surface area (Å²) in [6.45, 7) is 8.35. The van der Waals surface area contributed by atoms with E-state index in [9.17, 15) is 5.11 Å². The third-order valence-electron chi connectivity index (χ3n) is 4.47. The third kappa shape index (κ3) is 6.60. The number of hydrogen-bond donors (Lipinski definition) is 1. The van der Waals surface area contributed by atoms with E-state index < -0.39 is 6.10 Å². The van der Waals surface area contributed by atoms with Crippen molar-refractivity contribution in [3.8, 4) is 0 Å². The minimum atomic E-state index is -0.410. The summed E-state index contributed by atoms with van der Waals surface area (Å²) < 4.78 is 5.50. The van der Waals surface area contributed by atoms with Crippen molar-refractivity contribution in [2.75, 3.05) is 33.3 Å². The summed E-state index contributed by atoms with van der Waals surface area (Å²) in [6.07, 6.45) is 2.19. The summed E-state index contributed by atoms with van der Waals surface area (Å²) in [7, 11) is 2.12. The second-order valence-corrected chi connectivity index (χ2v) is 6.99. The van der Waals surface area contributed by atoms with E-state index in [1.54, 1.807) is 0 Å². The molecule has 2 atom stereocenters. The zero-order valence-corrected chi connectivity index (χ0v) is 14.8. The first-order valence-corrected chi connectivity index (χ1v) is 8.80. The molecule has 23 heavy (non-hydrogen) atoms. The molecule has 1 aliphatic rings. The van der Waals surface area contributed by atoms with E-state index >= 15 is 0 Å². The molecule has 2 unspecified atom stereocenters. The van der Waals surface area contributed by atoms with Gasteiger partial charge in [-0.1, -0.05) is 30.3 Å². The fourth-order valence-electron chi connectivity index (χ4n) is 3.21. The molecule has 4 heteroatoms. The molecule has 1 saturated heterocycles. The van der Waals surface area contributed by atoms with Crippen LogP contribution >= 0.6 is 0 Å². The number of nitrogens with zero attached hydrogens (tertiary/aromatic N) is 2. The Hall–Kier alpha value is -0.940. The monoisotopic (exact) mass is 320 g/mol. The fourth-order valence-corrected chi connectivity index (χ4v) is 3.21. The van der Waals surface area contributed by atoms with Crippen LogP contribution in [-0.2, 0) is 11.3 Å². The number of piperidine rings is 1. The van der Waals surface area contributed by atoms with Crippen LogP contribution < -0.4 is 0 Å². The molecule has 2 rings (SSSR count). The second-order valence-electron chi connectivity index (χ2n) is 6.99. The van der Waals surface area contributed by atoms with E-state index in [0.29, 0.717) is 19.2 Å². The molecule has 1 N–H and O–H groups in total. The van der Waals surface area contributed by atoms with Gasteiger partial charge in [0.25, 0.3) is 0 Å². The lowest BCUT2D eigenvalue weighted by molar-refractivity contribution is -0.0153. The van der Waals surface area contributed by atoms with E-state index in [1.807, 2.05) is 13.8 Å². The molecule has 0 aliphatic carbocycles. The van der Waals surface area contributed by atoms with Gasteiger partial charge in [0.1, 0.15) is 0 Å². The average molecular weight is 320 g/mol. The number of likely N-dealkylation sites (tertiary alicyclic amines) is 1. The highest BCUT2D eigenvalue weighted by Gasteiger charge is 2.24. The van der Waals surface area contributed by atoms with Crippen LogP contribution in [0.1, 0.15) is 32.3 Å². The zero-order valence-electron chi connectivity index (χ0n) is 14.8. The Labute approximate surface area is 141 Å². The minimum absolute atomic E-state index is 0.172. The average Bonchev–Trinajstić information content (AvgIpc) is 2.54. The van der Waals surface area contributed by atoms with Crippen LogP contribution in [0.4, 0.5) is 0 Å². The largest absolute Gasteiger partial charge is 0.389 e. The van der Waals surface area contributed by atoms with E-state index in [0.717, 1.165) is 19.6 Å². The molecule has 0 spiro atoms. The predicted octanol–water partition coefficient (Wildman–Crippen LogP) is 2.37. The van der Waals surface area contributed by atoms with Crippen molar-refractivity contribution in [3.05, 3.63) is 35.9 Å². The van der Waals surface area contributed by atoms with Gasteiger partial charge in [0.2, 0.25) is 0 Å². The first kappa shape index (κ1) is 18.4. The van der Waals surface area contributed by atoms with Crippen molar-refractivity contribution < 1.29 is 9.84 Å². The van der Waals surface area contributed by atoms with Crippen LogP contribution in [0.25, 0.3) is 0 Å². The van der Waals surface area contributed by atoms with Gasteiger partial charge in [-0.25, -0.2) is 0 Å². The van der Waals surface area contributed by atoms with Gasteiger partial charge < -0.3 is 9.84 Å². The molecule has 1 aliphatic heterocycles. The quantitative estimate of drug-likeness (QED) is 0.798. The lowest BCUT2D eigenvalue weighted by Gasteiger charge is -2.38. The topological polar surface area (TPSA) is 35.9 Å². The van der Waals surface area contributed by atoms with Gasteiger partial charge in [0.15, 0.2) is 0 Å².